The number of rotatable bonds is 6. The van der Waals surface area contributed by atoms with Crippen molar-refractivity contribution >= 4 is 52.3 Å². The summed E-state index contributed by atoms with van der Waals surface area (Å²) >= 11 is 0. The molecule has 8 atom stereocenters. The molecule has 14 heteroatoms. The zero-order valence-electron chi connectivity index (χ0n) is 23.3. The highest BCUT2D eigenvalue weighted by Gasteiger charge is 2.77. The molecule has 5 aliphatic rings. The van der Waals surface area contributed by atoms with E-state index in [2.05, 4.69) is 0 Å². The van der Waals surface area contributed by atoms with E-state index in [1.54, 1.807) is 13.8 Å². The molecule has 2 saturated heterocycles. The third-order valence-corrected chi connectivity index (χ3v) is 9.38. The molecule has 0 aromatic heterocycles. The van der Waals surface area contributed by atoms with E-state index >= 15 is 0 Å². The molecule has 43 heavy (non-hydrogen) atoms. The second kappa shape index (κ2) is 9.87. The van der Waals surface area contributed by atoms with Crippen LogP contribution in [0.2, 0.25) is 0 Å². The Balaban J connectivity index is 1.52. The van der Waals surface area contributed by atoms with Gasteiger partial charge in [-0.3, -0.25) is 19.2 Å². The number of imide groups is 2. The second-order valence-electron chi connectivity index (χ2n) is 11.3. The average molecular weight is 593 g/mol. The molecule has 7 rings (SSSR count). The van der Waals surface area contributed by atoms with Gasteiger partial charge in [0.05, 0.1) is 41.7 Å². The number of esters is 1. The highest BCUT2D eigenvalue weighted by Crippen LogP contribution is 2.68. The van der Waals surface area contributed by atoms with Gasteiger partial charge in [0.25, 0.3) is 0 Å². The van der Waals surface area contributed by atoms with Gasteiger partial charge in [0.1, 0.15) is 0 Å². The van der Waals surface area contributed by atoms with Crippen molar-refractivity contribution < 1.29 is 49.6 Å². The molecule has 4 unspecified atom stereocenters. The number of carbonyl (C=O) groups is 5. The van der Waals surface area contributed by atoms with Crippen molar-refractivity contribution in [3.63, 3.8) is 0 Å². The van der Waals surface area contributed by atoms with E-state index < -0.39 is 75.1 Å². The molecular weight excluding hydrogens is 564 g/mol. The fourth-order valence-corrected chi connectivity index (χ4v) is 7.87. The maximum Gasteiger partial charge on any atom is 0.334 e. The smallest absolute Gasteiger partial charge is 0.334 e. The van der Waals surface area contributed by atoms with Gasteiger partial charge in [0.15, 0.2) is 11.4 Å². The summed E-state index contributed by atoms with van der Waals surface area (Å²) in [6.45, 7) is 4.73. The minimum atomic E-state index is -1.65. The molecule has 3 aliphatic carbocycles. The van der Waals surface area contributed by atoms with Gasteiger partial charge in [-0.05, 0) is 26.0 Å². The summed E-state index contributed by atoms with van der Waals surface area (Å²) < 4.78 is 5.35. The normalized spacial score (nSPS) is 31.0. The Morgan fingerprint density at radius 3 is 1.67 bits per heavy atom. The first-order chi connectivity index (χ1) is 20.4. The zero-order valence-corrected chi connectivity index (χ0v) is 23.3. The molecule has 4 amide bonds. The maximum atomic E-state index is 14.2. The van der Waals surface area contributed by atoms with E-state index in [0.717, 1.165) is 9.80 Å². The number of hydrogen-bond acceptors (Lipinski definition) is 10. The van der Waals surface area contributed by atoms with E-state index in [-0.39, 0.29) is 34.9 Å². The molecule has 2 aromatic carbocycles. The van der Waals surface area contributed by atoms with Gasteiger partial charge in [-0.1, -0.05) is 24.6 Å². The lowest BCUT2D eigenvalue weighted by Crippen LogP contribution is -2.99. The molecule has 14 nitrogen and oxygen atoms in total. The molecule has 0 spiro atoms. The molecular formula is C29H28N4O10. The molecule has 2 aliphatic heterocycles. The van der Waals surface area contributed by atoms with Gasteiger partial charge in [0, 0.05) is 41.2 Å². The number of nitrogens with one attached hydrogen (secondary N) is 2. The van der Waals surface area contributed by atoms with E-state index in [1.807, 2.05) is 0 Å². The van der Waals surface area contributed by atoms with Crippen LogP contribution in [0.3, 0.4) is 0 Å². The number of anilines is 2. The maximum absolute atomic E-state index is 14.2. The third-order valence-electron chi connectivity index (χ3n) is 9.38. The lowest BCUT2D eigenvalue weighted by Gasteiger charge is -2.55. The van der Waals surface area contributed by atoms with Gasteiger partial charge < -0.3 is 15.2 Å². The van der Waals surface area contributed by atoms with Gasteiger partial charge in [-0.25, -0.2) is 25.0 Å². The monoisotopic (exact) mass is 592 g/mol. The number of ether oxygens (including phenoxy) is 1. The quantitative estimate of drug-likeness (QED) is 0.200. The number of allylic oxidation sites excluding steroid dienone is 1. The molecule has 2 aromatic rings. The van der Waals surface area contributed by atoms with Crippen LogP contribution in [0, 0.1) is 45.4 Å². The molecule has 3 fully saturated rings. The van der Waals surface area contributed by atoms with E-state index in [0.29, 0.717) is 5.57 Å². The molecule has 2 heterocycles. The number of hydrogen-bond donors (Lipinski definition) is 4. The number of nitrogens with zero attached hydrogens (tertiary/aromatic N) is 2. The highest BCUT2D eigenvalue weighted by molar-refractivity contribution is 6.27. The van der Waals surface area contributed by atoms with Crippen LogP contribution in [0.25, 0.3) is 0 Å². The van der Waals surface area contributed by atoms with Crippen LogP contribution >= 0.6 is 0 Å². The van der Waals surface area contributed by atoms with Crippen molar-refractivity contribution in [1.29, 1.82) is 0 Å². The summed E-state index contributed by atoms with van der Waals surface area (Å²) in [5.41, 5.74) is -1.47. The van der Waals surface area contributed by atoms with Crippen LogP contribution in [0.1, 0.15) is 20.8 Å². The molecule has 1 saturated carbocycles. The second-order valence-corrected chi connectivity index (χ2v) is 11.3. The van der Waals surface area contributed by atoms with Crippen molar-refractivity contribution in [3.8, 4) is 0 Å². The number of quaternary nitrogens is 2. The van der Waals surface area contributed by atoms with Crippen LogP contribution in [0.4, 0.5) is 22.7 Å². The van der Waals surface area contributed by atoms with Crippen molar-refractivity contribution in [2.75, 3.05) is 16.4 Å². The summed E-state index contributed by atoms with van der Waals surface area (Å²) in [7, 11) is 0. The van der Waals surface area contributed by atoms with Crippen molar-refractivity contribution in [3.05, 3.63) is 70.1 Å². The molecule has 2 bridgehead atoms. The van der Waals surface area contributed by atoms with E-state index in [4.69, 9.17) is 4.74 Å². The SMILES string of the molecule is CCOC(=O)C1=C(C)C2[C@H]3C(=O)N(c4cccc([NH+]([O-])O)c4)C(=O)[C@H]3C1(C)[C@H]1C(=O)N(c3cccc([NH+]([O-])O)c3)C(=O)[C@@H]21. The Morgan fingerprint density at radius 2 is 1.28 bits per heavy atom. The highest BCUT2D eigenvalue weighted by atomic mass is 16.8. The van der Waals surface area contributed by atoms with Crippen LogP contribution in [0.15, 0.2) is 59.7 Å². The lowest BCUT2D eigenvalue weighted by atomic mass is 9.43. The van der Waals surface area contributed by atoms with Crippen molar-refractivity contribution in [1.82, 2.24) is 0 Å². The topological polar surface area (TPSA) is 197 Å². The van der Waals surface area contributed by atoms with Gasteiger partial charge in [0.2, 0.25) is 23.6 Å². The number of carbonyl (C=O) groups excluding carboxylic acids is 5. The van der Waals surface area contributed by atoms with E-state index in [9.17, 15) is 44.8 Å². The van der Waals surface area contributed by atoms with Crippen LogP contribution in [-0.2, 0) is 28.7 Å². The first kappa shape index (κ1) is 28.8. The third kappa shape index (κ3) is 3.78. The minimum absolute atomic E-state index is 0.000511. The largest absolute Gasteiger partial charge is 0.595 e. The molecule has 0 radical (unpaired) electrons. The summed E-state index contributed by atoms with van der Waals surface area (Å²) in [6.07, 6.45) is 0. The zero-order chi connectivity index (χ0) is 31.1. The van der Waals surface area contributed by atoms with Crippen molar-refractivity contribution in [2.45, 2.75) is 20.8 Å². The molecule has 224 valence electrons. The molecule has 4 N–H and O–H groups in total. The lowest BCUT2D eigenvalue weighted by molar-refractivity contribution is -0.991. The Kier molecular flexibility index (Phi) is 6.61. The summed E-state index contributed by atoms with van der Waals surface area (Å²) in [6, 6.07) is 10.7. The van der Waals surface area contributed by atoms with Crippen LogP contribution in [0.5, 0.6) is 0 Å². The van der Waals surface area contributed by atoms with Gasteiger partial charge >= 0.3 is 5.97 Å². The predicted molar refractivity (Wildman–Crippen MR) is 144 cm³/mol. The first-order valence-corrected chi connectivity index (χ1v) is 13.7. The van der Waals surface area contributed by atoms with E-state index in [1.165, 1.54) is 55.5 Å². The Bertz CT molecular complexity index is 1540. The first-order valence-electron chi connectivity index (χ1n) is 13.7. The fraction of sp³-hybridized carbons (Fsp3) is 0.345. The van der Waals surface area contributed by atoms with Gasteiger partial charge in [-0.2, -0.15) is 10.5 Å². The Labute approximate surface area is 244 Å². The standard InChI is InChI=1S/C29H28N4O10/c1-4-43-28(38)21-13(2)18-19-22(26(36)30(24(19)34)14-7-5-9-16(11-14)32(39)40)29(21,3)23-20(18)25(35)31(27(23)37)15-8-6-10-17(12-15)33(41)42/h5-12,18-20,22-23,32-33,39,41H,4H2,1-3H3/t18?,19-,20+,22+,23-,29?. The fourth-order valence-electron chi connectivity index (χ4n) is 7.87. The summed E-state index contributed by atoms with van der Waals surface area (Å²) in [4.78, 5) is 71.9. The predicted octanol–water partition coefficient (Wildman–Crippen LogP) is -0.0659. The number of amides is 4. The average Bonchev–Trinajstić information content (AvgIpc) is 3.39. The van der Waals surface area contributed by atoms with Gasteiger partial charge in [-0.15, -0.1) is 0 Å². The van der Waals surface area contributed by atoms with Crippen LogP contribution in [-0.4, -0.2) is 46.6 Å². The Morgan fingerprint density at radius 1 is 0.837 bits per heavy atom. The minimum Gasteiger partial charge on any atom is -0.595 e. The number of benzene rings is 2. The summed E-state index contributed by atoms with van der Waals surface area (Å²) in [5, 5.41) is 39.7. The Hall–Kier alpha value is -4.31. The summed E-state index contributed by atoms with van der Waals surface area (Å²) in [5.74, 6) is -9.25. The van der Waals surface area contributed by atoms with Crippen molar-refractivity contribution in [2.24, 2.45) is 35.0 Å². The van der Waals surface area contributed by atoms with Crippen LogP contribution < -0.4 is 20.3 Å².